The Morgan fingerprint density at radius 1 is 1.50 bits per heavy atom. The smallest absolute Gasteiger partial charge is 0.236 e. The van der Waals surface area contributed by atoms with Gasteiger partial charge in [-0.15, -0.1) is 0 Å². The van der Waals surface area contributed by atoms with Gasteiger partial charge in [0, 0.05) is 16.4 Å². The maximum Gasteiger partial charge on any atom is 0.236 e. The molecule has 1 aromatic carbocycles. The molecule has 18 heavy (non-hydrogen) atoms. The van der Waals surface area contributed by atoms with Crippen molar-refractivity contribution >= 4 is 21.8 Å². The molecule has 0 fully saturated rings. The summed E-state index contributed by atoms with van der Waals surface area (Å²) in [4.78, 5) is 11.5. The predicted molar refractivity (Wildman–Crippen MR) is 78.6 cm³/mol. The van der Waals surface area contributed by atoms with E-state index in [-0.39, 0.29) is 11.3 Å². The number of benzene rings is 1. The van der Waals surface area contributed by atoms with E-state index in [1.807, 2.05) is 6.07 Å². The Hall–Kier alpha value is -0.870. The zero-order valence-corrected chi connectivity index (χ0v) is 13.0. The first kappa shape index (κ1) is 15.2. The molecule has 0 bridgehead atoms. The van der Waals surface area contributed by atoms with Crippen LogP contribution in [0.2, 0.25) is 0 Å². The molecule has 0 aliphatic carbocycles. The fraction of sp³-hybridized carbons (Fsp3) is 0.500. The molecule has 1 atom stereocenters. The van der Waals surface area contributed by atoms with E-state index in [0.29, 0.717) is 6.54 Å². The lowest BCUT2D eigenvalue weighted by molar-refractivity contribution is -0.122. The van der Waals surface area contributed by atoms with E-state index in [0.717, 1.165) is 4.47 Å². The van der Waals surface area contributed by atoms with Crippen LogP contribution in [0.15, 0.2) is 22.7 Å². The molecule has 0 radical (unpaired) electrons. The monoisotopic (exact) mass is 312 g/mol. The number of carbonyl (C=O) groups is 1. The molecular formula is C14H21BrN2O. The summed E-state index contributed by atoms with van der Waals surface area (Å²) in [7, 11) is 0. The van der Waals surface area contributed by atoms with Crippen LogP contribution < -0.4 is 11.1 Å². The molecule has 0 aliphatic heterocycles. The lowest BCUT2D eigenvalue weighted by atomic mass is 9.82. The van der Waals surface area contributed by atoms with E-state index in [9.17, 15) is 4.79 Å². The van der Waals surface area contributed by atoms with Crippen molar-refractivity contribution in [3.05, 3.63) is 33.8 Å². The molecule has 0 saturated heterocycles. The van der Waals surface area contributed by atoms with Crippen LogP contribution in [-0.4, -0.2) is 18.5 Å². The van der Waals surface area contributed by atoms with Crippen LogP contribution in [0.4, 0.5) is 0 Å². The molecule has 1 aromatic rings. The average Bonchev–Trinajstić information content (AvgIpc) is 2.29. The van der Waals surface area contributed by atoms with Crippen LogP contribution in [-0.2, 0) is 10.2 Å². The van der Waals surface area contributed by atoms with Gasteiger partial charge in [-0.2, -0.15) is 0 Å². The molecule has 1 rings (SSSR count). The molecule has 0 aliphatic rings. The minimum Gasteiger partial charge on any atom is -0.354 e. The van der Waals surface area contributed by atoms with Crippen LogP contribution >= 0.6 is 15.9 Å². The van der Waals surface area contributed by atoms with Crippen molar-refractivity contribution in [1.82, 2.24) is 5.32 Å². The van der Waals surface area contributed by atoms with Crippen molar-refractivity contribution in [3.8, 4) is 0 Å². The summed E-state index contributed by atoms with van der Waals surface area (Å²) in [5.41, 5.74) is 7.86. The number of nitrogens with one attached hydrogen (secondary N) is 1. The van der Waals surface area contributed by atoms with Gasteiger partial charge in [0.15, 0.2) is 0 Å². The molecule has 1 amide bonds. The van der Waals surface area contributed by atoms with Gasteiger partial charge in [-0.25, -0.2) is 0 Å². The first-order valence-corrected chi connectivity index (χ1v) is 6.83. The largest absolute Gasteiger partial charge is 0.354 e. The highest BCUT2D eigenvalue weighted by atomic mass is 79.9. The number of rotatable bonds is 4. The van der Waals surface area contributed by atoms with E-state index < -0.39 is 6.04 Å². The Morgan fingerprint density at radius 3 is 2.67 bits per heavy atom. The third kappa shape index (κ3) is 3.82. The lowest BCUT2D eigenvalue weighted by Crippen LogP contribution is -2.44. The minimum absolute atomic E-state index is 0.115. The first-order chi connectivity index (χ1) is 8.24. The van der Waals surface area contributed by atoms with Crippen molar-refractivity contribution in [2.45, 2.75) is 39.2 Å². The van der Waals surface area contributed by atoms with Crippen LogP contribution in [0.3, 0.4) is 0 Å². The third-order valence-corrected chi connectivity index (χ3v) is 3.54. The average molecular weight is 313 g/mol. The van der Waals surface area contributed by atoms with Gasteiger partial charge in [0.25, 0.3) is 0 Å². The van der Waals surface area contributed by atoms with Crippen molar-refractivity contribution in [3.63, 3.8) is 0 Å². The second kappa shape index (κ2) is 5.85. The van der Waals surface area contributed by atoms with Gasteiger partial charge in [0.05, 0.1) is 6.04 Å². The van der Waals surface area contributed by atoms with E-state index in [1.54, 1.807) is 6.92 Å². The summed E-state index contributed by atoms with van der Waals surface area (Å²) >= 11 is 3.48. The zero-order chi connectivity index (χ0) is 13.9. The SMILES string of the molecule is Cc1ccc(Br)cc1C(C)(C)CNC(=O)C(C)N. The minimum atomic E-state index is -0.468. The maximum atomic E-state index is 11.5. The third-order valence-electron chi connectivity index (χ3n) is 3.05. The van der Waals surface area contributed by atoms with Crippen LogP contribution in [0.5, 0.6) is 0 Å². The fourth-order valence-corrected chi connectivity index (χ4v) is 2.25. The van der Waals surface area contributed by atoms with Gasteiger partial charge >= 0.3 is 0 Å². The first-order valence-electron chi connectivity index (χ1n) is 6.04. The normalized spacial score (nSPS) is 13.2. The van der Waals surface area contributed by atoms with E-state index in [4.69, 9.17) is 5.73 Å². The number of carbonyl (C=O) groups excluding carboxylic acids is 1. The molecule has 1 unspecified atom stereocenters. The molecule has 3 nitrogen and oxygen atoms in total. The van der Waals surface area contributed by atoms with Crippen LogP contribution in [0.25, 0.3) is 0 Å². The number of halogens is 1. The summed E-state index contributed by atoms with van der Waals surface area (Å²) < 4.78 is 1.05. The summed E-state index contributed by atoms with van der Waals surface area (Å²) in [5, 5.41) is 2.89. The van der Waals surface area contributed by atoms with Gasteiger partial charge in [-0.05, 0) is 37.1 Å². The molecule has 3 N–H and O–H groups in total. The summed E-state index contributed by atoms with van der Waals surface area (Å²) in [6.07, 6.45) is 0. The maximum absolute atomic E-state index is 11.5. The number of hydrogen-bond donors (Lipinski definition) is 2. The quantitative estimate of drug-likeness (QED) is 0.897. The van der Waals surface area contributed by atoms with Gasteiger partial charge < -0.3 is 11.1 Å². The highest BCUT2D eigenvalue weighted by Gasteiger charge is 2.24. The predicted octanol–water partition coefficient (Wildman–Crippen LogP) is 2.50. The summed E-state index contributed by atoms with van der Waals surface area (Å²) in [6.45, 7) is 8.57. The second-order valence-electron chi connectivity index (χ2n) is 5.35. The summed E-state index contributed by atoms with van der Waals surface area (Å²) in [6, 6.07) is 5.74. The Labute approximate surface area is 117 Å². The molecule has 0 saturated carbocycles. The molecule has 100 valence electrons. The highest BCUT2D eigenvalue weighted by molar-refractivity contribution is 9.10. The van der Waals surface area contributed by atoms with Crippen LogP contribution in [0, 0.1) is 6.92 Å². The number of hydrogen-bond acceptors (Lipinski definition) is 2. The van der Waals surface area contributed by atoms with E-state index in [1.165, 1.54) is 11.1 Å². The molecule has 0 aromatic heterocycles. The van der Waals surface area contributed by atoms with Gasteiger partial charge in [0.2, 0.25) is 5.91 Å². The Morgan fingerprint density at radius 2 is 2.11 bits per heavy atom. The van der Waals surface area contributed by atoms with Crippen LogP contribution in [0.1, 0.15) is 31.9 Å². The van der Waals surface area contributed by atoms with Crippen molar-refractivity contribution in [2.75, 3.05) is 6.54 Å². The van der Waals surface area contributed by atoms with Gasteiger partial charge in [0.1, 0.15) is 0 Å². The molecule has 4 heteroatoms. The lowest BCUT2D eigenvalue weighted by Gasteiger charge is -2.28. The highest BCUT2D eigenvalue weighted by Crippen LogP contribution is 2.28. The molecular weight excluding hydrogens is 292 g/mol. The van der Waals surface area contributed by atoms with Crippen molar-refractivity contribution in [2.24, 2.45) is 5.73 Å². The Balaban J connectivity index is 2.85. The van der Waals surface area contributed by atoms with Crippen molar-refractivity contribution < 1.29 is 4.79 Å². The Bertz CT molecular complexity index is 441. The van der Waals surface area contributed by atoms with Gasteiger partial charge in [-0.3, -0.25) is 4.79 Å². The second-order valence-corrected chi connectivity index (χ2v) is 6.27. The topological polar surface area (TPSA) is 55.1 Å². The fourth-order valence-electron chi connectivity index (χ4n) is 1.89. The van der Waals surface area contributed by atoms with E-state index >= 15 is 0 Å². The number of aryl methyl sites for hydroxylation is 1. The summed E-state index contributed by atoms with van der Waals surface area (Å²) in [5.74, 6) is -0.115. The number of amides is 1. The Kier molecular flexibility index (Phi) is 4.93. The standard InChI is InChI=1S/C14H21BrN2O/c1-9-5-6-11(15)7-12(9)14(3,4)8-17-13(18)10(2)16/h5-7,10H,8,16H2,1-4H3,(H,17,18). The number of nitrogens with two attached hydrogens (primary N) is 1. The molecule has 0 heterocycles. The zero-order valence-electron chi connectivity index (χ0n) is 11.4. The van der Waals surface area contributed by atoms with Gasteiger partial charge in [-0.1, -0.05) is 35.8 Å². The van der Waals surface area contributed by atoms with E-state index in [2.05, 4.69) is 54.2 Å². The molecule has 0 spiro atoms. The van der Waals surface area contributed by atoms with Crippen molar-refractivity contribution in [1.29, 1.82) is 0 Å².